The van der Waals surface area contributed by atoms with Crippen LogP contribution in [0.25, 0.3) is 0 Å². The Morgan fingerprint density at radius 3 is 2.29 bits per heavy atom. The molecular formula is C30H51N. The number of hydrogen-bond acceptors (Lipinski definition) is 1. The molecule has 1 aromatic carbocycles. The molecule has 0 fully saturated rings. The molecule has 0 spiro atoms. The van der Waals surface area contributed by atoms with E-state index in [1.54, 1.807) is 5.57 Å². The van der Waals surface area contributed by atoms with Gasteiger partial charge in [-0.1, -0.05) is 96.6 Å². The predicted octanol–water partition coefficient (Wildman–Crippen LogP) is 9.61. The number of hydrogen-bond donors (Lipinski definition) is 0. The number of allylic oxidation sites excluding steroid dienone is 4. The molecule has 0 radical (unpaired) electrons. The number of aryl methyl sites for hydroxylation is 1. The number of benzene rings is 1. The van der Waals surface area contributed by atoms with Crippen molar-refractivity contribution in [3.8, 4) is 0 Å². The minimum atomic E-state index is 0.393. The summed E-state index contributed by atoms with van der Waals surface area (Å²) in [6, 6.07) is 6.98. The van der Waals surface area contributed by atoms with E-state index in [1.807, 2.05) is 0 Å². The van der Waals surface area contributed by atoms with Crippen LogP contribution in [0.5, 0.6) is 0 Å². The van der Waals surface area contributed by atoms with E-state index in [-0.39, 0.29) is 0 Å². The fourth-order valence-electron chi connectivity index (χ4n) is 4.49. The van der Waals surface area contributed by atoms with Crippen LogP contribution in [0.15, 0.2) is 42.0 Å². The zero-order valence-electron chi connectivity index (χ0n) is 22.1. The lowest BCUT2D eigenvalue weighted by atomic mass is 9.73. The van der Waals surface area contributed by atoms with E-state index in [0.29, 0.717) is 11.3 Å². The Morgan fingerprint density at radius 2 is 1.71 bits per heavy atom. The lowest BCUT2D eigenvalue weighted by molar-refractivity contribution is 0.243. The van der Waals surface area contributed by atoms with Crippen LogP contribution >= 0.6 is 0 Å². The first kappa shape index (κ1) is 27.5. The highest BCUT2D eigenvalue weighted by atomic mass is 15.1. The molecule has 0 saturated heterocycles. The first-order valence-electron chi connectivity index (χ1n) is 12.9. The average molecular weight is 426 g/mol. The van der Waals surface area contributed by atoms with E-state index in [2.05, 4.69) is 97.0 Å². The quantitative estimate of drug-likeness (QED) is 0.253. The summed E-state index contributed by atoms with van der Waals surface area (Å²) in [7, 11) is 4.29. The molecule has 0 aliphatic rings. The third-order valence-corrected chi connectivity index (χ3v) is 6.98. The summed E-state index contributed by atoms with van der Waals surface area (Å²) >= 11 is 0. The third kappa shape index (κ3) is 9.67. The van der Waals surface area contributed by atoms with Gasteiger partial charge in [0.05, 0.1) is 0 Å². The van der Waals surface area contributed by atoms with Crippen LogP contribution in [0.4, 0.5) is 5.69 Å². The fraction of sp³-hybridized carbons (Fsp3) is 0.667. The highest BCUT2D eigenvalue weighted by Crippen LogP contribution is 2.41. The van der Waals surface area contributed by atoms with Gasteiger partial charge >= 0.3 is 0 Å². The van der Waals surface area contributed by atoms with Gasteiger partial charge < -0.3 is 4.90 Å². The van der Waals surface area contributed by atoms with E-state index in [4.69, 9.17) is 0 Å². The summed E-state index contributed by atoms with van der Waals surface area (Å²) in [6.07, 6.45) is 20.0. The van der Waals surface area contributed by atoms with Crippen molar-refractivity contribution in [3.05, 3.63) is 53.1 Å². The molecule has 1 aromatic rings. The van der Waals surface area contributed by atoms with Gasteiger partial charge in [0.15, 0.2) is 0 Å². The van der Waals surface area contributed by atoms with Crippen LogP contribution in [0.2, 0.25) is 0 Å². The lowest BCUT2D eigenvalue weighted by Gasteiger charge is -2.33. The van der Waals surface area contributed by atoms with Gasteiger partial charge in [-0.25, -0.2) is 0 Å². The van der Waals surface area contributed by atoms with E-state index < -0.39 is 0 Å². The molecule has 1 nitrogen and oxygen atoms in total. The molecule has 0 amide bonds. The Hall–Kier alpha value is -1.50. The van der Waals surface area contributed by atoms with Crippen molar-refractivity contribution in [2.45, 2.75) is 112 Å². The SMILES string of the molecule is CCCC/C(=C/C=C[C@@H](CC(C)(CC)CCCC)c1cc(N(C)C)ccc1C)CCC. The topological polar surface area (TPSA) is 3.24 Å². The minimum Gasteiger partial charge on any atom is -0.378 e. The Labute approximate surface area is 195 Å². The molecule has 0 aromatic heterocycles. The van der Waals surface area contributed by atoms with Crippen molar-refractivity contribution in [2.75, 3.05) is 19.0 Å². The largest absolute Gasteiger partial charge is 0.378 e. The monoisotopic (exact) mass is 425 g/mol. The fourth-order valence-corrected chi connectivity index (χ4v) is 4.49. The average Bonchev–Trinajstić information content (AvgIpc) is 2.75. The van der Waals surface area contributed by atoms with Crippen molar-refractivity contribution >= 4 is 5.69 Å². The lowest BCUT2D eigenvalue weighted by Crippen LogP contribution is -2.19. The second kappa shape index (κ2) is 14.5. The standard InChI is InChI=1S/C30H51N/c1-9-13-17-26(16-11-3)18-15-19-27(24-30(6,12-4)22-14-10-2)29-23-28(31(7)8)21-20-25(29)5/h15,18-21,23,27H,9-14,16-17,22,24H2,1-8H3/b19-15?,26-18+/t27-,30?/m0/s1. The maximum Gasteiger partial charge on any atom is 0.0364 e. The maximum atomic E-state index is 2.51. The van der Waals surface area contributed by atoms with Gasteiger partial charge in [-0.3, -0.25) is 0 Å². The van der Waals surface area contributed by atoms with Gasteiger partial charge in [0.25, 0.3) is 0 Å². The minimum absolute atomic E-state index is 0.393. The normalized spacial score (nSPS) is 15.3. The van der Waals surface area contributed by atoms with Gasteiger partial charge in [0, 0.05) is 25.7 Å². The molecule has 1 unspecified atom stereocenters. The zero-order valence-corrected chi connectivity index (χ0v) is 22.1. The number of nitrogens with zero attached hydrogens (tertiary/aromatic N) is 1. The summed E-state index contributed by atoms with van der Waals surface area (Å²) in [4.78, 5) is 2.23. The Morgan fingerprint density at radius 1 is 1.00 bits per heavy atom. The van der Waals surface area contributed by atoms with Gasteiger partial charge in [0.1, 0.15) is 0 Å². The van der Waals surface area contributed by atoms with Crippen molar-refractivity contribution in [1.29, 1.82) is 0 Å². The van der Waals surface area contributed by atoms with Crippen molar-refractivity contribution in [3.63, 3.8) is 0 Å². The van der Waals surface area contributed by atoms with Crippen molar-refractivity contribution in [2.24, 2.45) is 5.41 Å². The van der Waals surface area contributed by atoms with Crippen molar-refractivity contribution in [1.82, 2.24) is 0 Å². The van der Waals surface area contributed by atoms with Gasteiger partial charge in [0.2, 0.25) is 0 Å². The van der Waals surface area contributed by atoms with Crippen LogP contribution in [0.3, 0.4) is 0 Å². The second-order valence-electron chi connectivity index (χ2n) is 10.1. The summed E-state index contributed by atoms with van der Waals surface area (Å²) < 4.78 is 0. The molecule has 176 valence electrons. The Balaban J connectivity index is 3.29. The predicted molar refractivity (Wildman–Crippen MR) is 142 cm³/mol. The number of unbranched alkanes of at least 4 members (excludes halogenated alkanes) is 2. The third-order valence-electron chi connectivity index (χ3n) is 6.98. The van der Waals surface area contributed by atoms with E-state index in [0.717, 1.165) is 0 Å². The molecule has 0 aliphatic carbocycles. The number of anilines is 1. The highest BCUT2D eigenvalue weighted by Gasteiger charge is 2.26. The number of rotatable bonds is 15. The summed E-state index contributed by atoms with van der Waals surface area (Å²) in [5, 5.41) is 0. The van der Waals surface area contributed by atoms with E-state index >= 15 is 0 Å². The van der Waals surface area contributed by atoms with Crippen LogP contribution in [-0.4, -0.2) is 14.1 Å². The van der Waals surface area contributed by atoms with Crippen LogP contribution in [-0.2, 0) is 0 Å². The molecule has 0 aliphatic heterocycles. The van der Waals surface area contributed by atoms with Gasteiger partial charge in [-0.2, -0.15) is 0 Å². The maximum absolute atomic E-state index is 2.51. The first-order valence-corrected chi connectivity index (χ1v) is 12.9. The van der Waals surface area contributed by atoms with Gasteiger partial charge in [-0.15, -0.1) is 0 Å². The van der Waals surface area contributed by atoms with Gasteiger partial charge in [-0.05, 0) is 67.7 Å². The summed E-state index contributed by atoms with van der Waals surface area (Å²) in [5.41, 5.74) is 6.22. The molecule has 0 bridgehead atoms. The molecule has 0 heterocycles. The molecule has 2 atom stereocenters. The molecule has 0 saturated carbocycles. The first-order chi connectivity index (χ1) is 14.8. The van der Waals surface area contributed by atoms with Crippen LogP contribution in [0.1, 0.15) is 116 Å². The second-order valence-corrected chi connectivity index (χ2v) is 10.1. The summed E-state index contributed by atoms with van der Waals surface area (Å²) in [5.74, 6) is 0.465. The van der Waals surface area contributed by atoms with Crippen LogP contribution in [0, 0.1) is 12.3 Å². The molecule has 1 rings (SSSR count). The summed E-state index contributed by atoms with van der Waals surface area (Å²) in [6.45, 7) is 14.1. The van der Waals surface area contributed by atoms with Crippen molar-refractivity contribution < 1.29 is 0 Å². The Bertz CT molecular complexity index is 682. The van der Waals surface area contributed by atoms with E-state index in [9.17, 15) is 0 Å². The zero-order chi connectivity index (χ0) is 23.3. The van der Waals surface area contributed by atoms with Crippen LogP contribution < -0.4 is 4.90 Å². The smallest absolute Gasteiger partial charge is 0.0364 e. The highest BCUT2D eigenvalue weighted by molar-refractivity contribution is 5.51. The Kier molecular flexibility index (Phi) is 12.9. The van der Waals surface area contributed by atoms with E-state index in [1.165, 1.54) is 81.0 Å². The molecule has 1 heteroatoms. The molecular weight excluding hydrogens is 374 g/mol. The molecule has 31 heavy (non-hydrogen) atoms. The molecule has 0 N–H and O–H groups in total.